The summed E-state index contributed by atoms with van der Waals surface area (Å²) in [7, 11) is 0. The van der Waals surface area contributed by atoms with E-state index in [-0.39, 0.29) is 5.54 Å². The number of carboxylic acid groups (broad SMARTS) is 1. The molecule has 1 unspecified atom stereocenters. The van der Waals surface area contributed by atoms with Gasteiger partial charge >= 0.3 is 5.97 Å². The fraction of sp³-hybridized carbons (Fsp3) is 0.533. The highest BCUT2D eigenvalue weighted by molar-refractivity contribution is 5.76. The lowest BCUT2D eigenvalue weighted by Gasteiger charge is -2.27. The maximum atomic E-state index is 11.3. The molecule has 0 aliphatic rings. The molecule has 0 aliphatic heterocycles. The maximum absolute atomic E-state index is 11.3. The van der Waals surface area contributed by atoms with Crippen molar-refractivity contribution in [2.75, 3.05) is 6.54 Å². The highest BCUT2D eigenvalue weighted by Crippen LogP contribution is 2.17. The van der Waals surface area contributed by atoms with Crippen molar-refractivity contribution in [2.24, 2.45) is 0 Å². The second kappa shape index (κ2) is 6.55. The molecule has 1 atom stereocenters. The first-order chi connectivity index (χ1) is 8.46. The highest BCUT2D eigenvalue weighted by atomic mass is 16.4. The second-order valence-electron chi connectivity index (χ2n) is 5.32. The molecule has 0 aliphatic carbocycles. The molecule has 0 radical (unpaired) electrons. The van der Waals surface area contributed by atoms with E-state index >= 15 is 0 Å². The number of rotatable bonds is 7. The Hall–Kier alpha value is -1.35. The predicted molar refractivity (Wildman–Crippen MR) is 73.8 cm³/mol. The Morgan fingerprint density at radius 1 is 1.33 bits per heavy atom. The van der Waals surface area contributed by atoms with Gasteiger partial charge in [0.25, 0.3) is 0 Å². The van der Waals surface area contributed by atoms with E-state index < -0.39 is 11.9 Å². The van der Waals surface area contributed by atoms with Crippen molar-refractivity contribution in [1.29, 1.82) is 0 Å². The molecule has 1 aromatic rings. The standard InChI is InChI=1S/C15H23NO2/c1-4-10-15(2,3)16-11-13(14(17)18)12-8-6-5-7-9-12/h5-9,13,16H,4,10-11H2,1-3H3,(H,17,18). The van der Waals surface area contributed by atoms with Crippen LogP contribution in [0.15, 0.2) is 30.3 Å². The van der Waals surface area contributed by atoms with Crippen LogP contribution in [0.25, 0.3) is 0 Å². The molecule has 1 aromatic carbocycles. The Labute approximate surface area is 109 Å². The minimum Gasteiger partial charge on any atom is -0.481 e. The summed E-state index contributed by atoms with van der Waals surface area (Å²) in [5.74, 6) is -1.26. The fourth-order valence-corrected chi connectivity index (χ4v) is 2.12. The molecule has 0 aromatic heterocycles. The summed E-state index contributed by atoms with van der Waals surface area (Å²) < 4.78 is 0. The number of carbonyl (C=O) groups is 1. The molecule has 0 saturated carbocycles. The summed E-state index contributed by atoms with van der Waals surface area (Å²) in [6.45, 7) is 6.82. The summed E-state index contributed by atoms with van der Waals surface area (Å²) >= 11 is 0. The molecular formula is C15H23NO2. The molecule has 1 rings (SSSR count). The molecule has 0 amide bonds. The first-order valence-corrected chi connectivity index (χ1v) is 6.49. The van der Waals surface area contributed by atoms with E-state index in [9.17, 15) is 9.90 Å². The molecule has 0 saturated heterocycles. The zero-order chi connectivity index (χ0) is 13.6. The average molecular weight is 249 g/mol. The Morgan fingerprint density at radius 2 is 1.94 bits per heavy atom. The molecule has 0 bridgehead atoms. The number of aliphatic carboxylic acids is 1. The average Bonchev–Trinajstić information content (AvgIpc) is 2.30. The van der Waals surface area contributed by atoms with Crippen molar-refractivity contribution in [3.8, 4) is 0 Å². The van der Waals surface area contributed by atoms with Crippen LogP contribution in [0.2, 0.25) is 0 Å². The molecule has 0 heterocycles. The van der Waals surface area contributed by atoms with Crippen LogP contribution >= 0.6 is 0 Å². The van der Waals surface area contributed by atoms with Crippen molar-refractivity contribution in [1.82, 2.24) is 5.32 Å². The lowest BCUT2D eigenvalue weighted by atomic mass is 9.95. The molecule has 3 heteroatoms. The molecule has 3 nitrogen and oxygen atoms in total. The third-order valence-corrected chi connectivity index (χ3v) is 3.16. The molecular weight excluding hydrogens is 226 g/mol. The third-order valence-electron chi connectivity index (χ3n) is 3.16. The Balaban J connectivity index is 2.69. The zero-order valence-electron chi connectivity index (χ0n) is 11.4. The van der Waals surface area contributed by atoms with Gasteiger partial charge in [-0.3, -0.25) is 4.79 Å². The van der Waals surface area contributed by atoms with Gasteiger partial charge in [-0.1, -0.05) is 43.7 Å². The smallest absolute Gasteiger partial charge is 0.312 e. The van der Waals surface area contributed by atoms with Crippen LogP contribution < -0.4 is 5.32 Å². The van der Waals surface area contributed by atoms with Gasteiger partial charge in [-0.05, 0) is 25.8 Å². The Kier molecular flexibility index (Phi) is 5.35. The van der Waals surface area contributed by atoms with Crippen LogP contribution in [0.4, 0.5) is 0 Å². The Bertz CT molecular complexity index is 373. The van der Waals surface area contributed by atoms with Gasteiger partial charge < -0.3 is 10.4 Å². The summed E-state index contributed by atoms with van der Waals surface area (Å²) in [5, 5.41) is 12.7. The van der Waals surface area contributed by atoms with E-state index in [1.165, 1.54) is 0 Å². The van der Waals surface area contributed by atoms with Crippen LogP contribution in [0, 0.1) is 0 Å². The fourth-order valence-electron chi connectivity index (χ4n) is 2.12. The SMILES string of the molecule is CCCC(C)(C)NCC(C(=O)O)c1ccccc1. The van der Waals surface area contributed by atoms with Crippen molar-refractivity contribution >= 4 is 5.97 Å². The molecule has 0 fully saturated rings. The summed E-state index contributed by atoms with van der Waals surface area (Å²) in [6, 6.07) is 9.39. The lowest BCUT2D eigenvalue weighted by Crippen LogP contribution is -2.42. The topological polar surface area (TPSA) is 49.3 Å². The first-order valence-electron chi connectivity index (χ1n) is 6.49. The maximum Gasteiger partial charge on any atom is 0.312 e. The van der Waals surface area contributed by atoms with E-state index in [0.29, 0.717) is 6.54 Å². The van der Waals surface area contributed by atoms with Crippen LogP contribution in [0.5, 0.6) is 0 Å². The Morgan fingerprint density at radius 3 is 2.44 bits per heavy atom. The van der Waals surface area contributed by atoms with Gasteiger partial charge in [-0.15, -0.1) is 0 Å². The van der Waals surface area contributed by atoms with Gasteiger partial charge in [0.2, 0.25) is 0 Å². The van der Waals surface area contributed by atoms with Gasteiger partial charge in [-0.2, -0.15) is 0 Å². The summed E-state index contributed by atoms with van der Waals surface area (Å²) in [6.07, 6.45) is 2.12. The number of nitrogens with one attached hydrogen (secondary N) is 1. The number of benzene rings is 1. The van der Waals surface area contributed by atoms with Gasteiger partial charge in [0, 0.05) is 12.1 Å². The van der Waals surface area contributed by atoms with Crippen molar-refractivity contribution < 1.29 is 9.90 Å². The quantitative estimate of drug-likeness (QED) is 0.781. The van der Waals surface area contributed by atoms with E-state index in [1.54, 1.807) is 0 Å². The normalized spacial score (nSPS) is 13.3. The molecule has 100 valence electrons. The summed E-state index contributed by atoms with van der Waals surface area (Å²) in [4.78, 5) is 11.3. The van der Waals surface area contributed by atoms with Gasteiger partial charge in [0.1, 0.15) is 0 Å². The monoisotopic (exact) mass is 249 g/mol. The second-order valence-corrected chi connectivity index (χ2v) is 5.32. The largest absolute Gasteiger partial charge is 0.481 e. The van der Waals surface area contributed by atoms with E-state index in [1.807, 2.05) is 30.3 Å². The first kappa shape index (κ1) is 14.7. The van der Waals surface area contributed by atoms with Crippen LogP contribution in [0.3, 0.4) is 0 Å². The van der Waals surface area contributed by atoms with Crippen molar-refractivity contribution in [3.05, 3.63) is 35.9 Å². The molecule has 0 spiro atoms. The van der Waals surface area contributed by atoms with Gasteiger partial charge in [-0.25, -0.2) is 0 Å². The minimum absolute atomic E-state index is 0.0166. The highest BCUT2D eigenvalue weighted by Gasteiger charge is 2.23. The molecule has 2 N–H and O–H groups in total. The van der Waals surface area contributed by atoms with Crippen LogP contribution in [-0.4, -0.2) is 23.2 Å². The van der Waals surface area contributed by atoms with E-state index in [0.717, 1.165) is 18.4 Å². The van der Waals surface area contributed by atoms with Gasteiger partial charge in [0.15, 0.2) is 0 Å². The van der Waals surface area contributed by atoms with Crippen LogP contribution in [0.1, 0.15) is 45.1 Å². The zero-order valence-corrected chi connectivity index (χ0v) is 11.4. The minimum atomic E-state index is -0.777. The van der Waals surface area contributed by atoms with Gasteiger partial charge in [0.05, 0.1) is 5.92 Å². The van der Waals surface area contributed by atoms with Crippen molar-refractivity contribution in [3.63, 3.8) is 0 Å². The number of hydrogen-bond acceptors (Lipinski definition) is 2. The lowest BCUT2D eigenvalue weighted by molar-refractivity contribution is -0.138. The molecule has 18 heavy (non-hydrogen) atoms. The van der Waals surface area contributed by atoms with Crippen LogP contribution in [-0.2, 0) is 4.79 Å². The van der Waals surface area contributed by atoms with E-state index in [4.69, 9.17) is 0 Å². The van der Waals surface area contributed by atoms with Crippen molar-refractivity contribution in [2.45, 2.75) is 45.1 Å². The summed E-state index contributed by atoms with van der Waals surface area (Å²) in [5.41, 5.74) is 0.835. The number of carboxylic acids is 1. The third kappa shape index (κ3) is 4.49. The number of hydrogen-bond donors (Lipinski definition) is 2. The van der Waals surface area contributed by atoms with E-state index in [2.05, 4.69) is 26.1 Å². The predicted octanol–water partition coefficient (Wildman–Crippen LogP) is 3.02.